The van der Waals surface area contributed by atoms with Crippen molar-refractivity contribution in [2.45, 2.75) is 78.7 Å². The van der Waals surface area contributed by atoms with Crippen LogP contribution in [0, 0.1) is 5.92 Å². The summed E-state index contributed by atoms with van der Waals surface area (Å²) in [5, 5.41) is 1.33. The van der Waals surface area contributed by atoms with Crippen molar-refractivity contribution >= 4 is 25.6 Å². The van der Waals surface area contributed by atoms with Gasteiger partial charge in [-0.2, -0.15) is 26.3 Å². The average molecular weight is 601 g/mol. The van der Waals surface area contributed by atoms with E-state index in [4.69, 9.17) is 0 Å². The van der Waals surface area contributed by atoms with E-state index in [2.05, 4.69) is 10.3 Å². The number of carbonyl (C=O) groups excluding carboxylic acids is 1. The highest BCUT2D eigenvalue weighted by molar-refractivity contribution is 7.93. The molecule has 7 nitrogen and oxygen atoms in total. The predicted molar refractivity (Wildman–Crippen MR) is 128 cm³/mol. The highest BCUT2D eigenvalue weighted by atomic mass is 32.2. The van der Waals surface area contributed by atoms with Crippen LogP contribution in [-0.2, 0) is 32.0 Å². The van der Waals surface area contributed by atoms with Gasteiger partial charge in [0.15, 0.2) is 19.7 Å². The highest BCUT2D eigenvalue weighted by Gasteiger charge is 2.49. The van der Waals surface area contributed by atoms with Gasteiger partial charge >= 0.3 is 12.4 Å². The van der Waals surface area contributed by atoms with Crippen LogP contribution >= 0.6 is 0 Å². The van der Waals surface area contributed by atoms with Crippen molar-refractivity contribution in [3.05, 3.63) is 53.3 Å². The maximum atomic E-state index is 13.2. The Morgan fingerprint density at radius 1 is 0.949 bits per heavy atom. The maximum Gasteiger partial charge on any atom is 0.417 e. The lowest BCUT2D eigenvalue weighted by Gasteiger charge is -2.45. The number of nitrogens with one attached hydrogen (secondary N) is 1. The van der Waals surface area contributed by atoms with Gasteiger partial charge in [-0.05, 0) is 70.7 Å². The number of hydrogen-bond acceptors (Lipinski definition) is 6. The van der Waals surface area contributed by atoms with Crippen molar-refractivity contribution in [2.75, 3.05) is 0 Å². The van der Waals surface area contributed by atoms with E-state index in [-0.39, 0.29) is 12.8 Å². The van der Waals surface area contributed by atoms with E-state index in [0.29, 0.717) is 18.3 Å². The van der Waals surface area contributed by atoms with Gasteiger partial charge in [0.25, 0.3) is 5.91 Å². The summed E-state index contributed by atoms with van der Waals surface area (Å²) in [4.78, 5) is 15.0. The largest absolute Gasteiger partial charge is 0.417 e. The van der Waals surface area contributed by atoms with E-state index in [1.165, 1.54) is 27.7 Å². The number of alkyl halides is 6. The first-order valence-corrected chi connectivity index (χ1v) is 14.7. The number of hydrogen-bond donors (Lipinski definition) is 1. The third kappa shape index (κ3) is 5.93. The highest BCUT2D eigenvalue weighted by Crippen LogP contribution is 2.44. The first-order valence-electron chi connectivity index (χ1n) is 11.6. The van der Waals surface area contributed by atoms with Crippen molar-refractivity contribution in [3.63, 3.8) is 0 Å². The number of benzene rings is 1. The molecule has 0 aliphatic heterocycles. The second-order valence-corrected chi connectivity index (χ2v) is 15.1. The number of halogens is 6. The number of nitrogens with zero attached hydrogens (tertiary/aromatic N) is 1. The molecule has 1 aromatic heterocycles. The van der Waals surface area contributed by atoms with Crippen LogP contribution in [-0.4, -0.2) is 43.8 Å². The molecule has 2 aromatic rings. The Balaban J connectivity index is 1.81. The van der Waals surface area contributed by atoms with E-state index in [1.807, 2.05) is 0 Å². The van der Waals surface area contributed by atoms with E-state index in [1.54, 1.807) is 0 Å². The molecule has 1 saturated carbocycles. The quantitative estimate of drug-likeness (QED) is 0.445. The van der Waals surface area contributed by atoms with Gasteiger partial charge in [-0.1, -0.05) is 6.07 Å². The lowest BCUT2D eigenvalue weighted by molar-refractivity contribution is -0.138. The molecule has 1 aliphatic rings. The summed E-state index contributed by atoms with van der Waals surface area (Å²) >= 11 is 0. The molecule has 1 aromatic carbocycles. The van der Waals surface area contributed by atoms with Crippen LogP contribution in [0.5, 0.6) is 0 Å². The van der Waals surface area contributed by atoms with Crippen molar-refractivity contribution in [1.29, 1.82) is 0 Å². The fourth-order valence-electron chi connectivity index (χ4n) is 4.16. The molecule has 39 heavy (non-hydrogen) atoms. The van der Waals surface area contributed by atoms with E-state index < -0.39 is 86.5 Å². The molecule has 0 bridgehead atoms. The summed E-state index contributed by atoms with van der Waals surface area (Å²) < 4.78 is 129. The normalized spacial score (nSPS) is 19.1. The zero-order valence-corrected chi connectivity index (χ0v) is 22.8. The van der Waals surface area contributed by atoms with Crippen molar-refractivity contribution in [1.82, 2.24) is 10.3 Å². The molecule has 0 saturated heterocycles. The number of rotatable bonds is 7. The third-order valence-electron chi connectivity index (χ3n) is 6.94. The molecule has 1 heterocycles. The molecule has 1 amide bonds. The number of sulfone groups is 2. The number of carbonyl (C=O) groups is 1. The second-order valence-electron chi connectivity index (χ2n) is 10.1. The van der Waals surface area contributed by atoms with Gasteiger partial charge in [-0.25, -0.2) is 21.8 Å². The van der Waals surface area contributed by atoms with Crippen molar-refractivity contribution in [3.8, 4) is 0 Å². The number of amides is 1. The van der Waals surface area contributed by atoms with Gasteiger partial charge in [-0.3, -0.25) is 4.79 Å². The summed E-state index contributed by atoms with van der Waals surface area (Å²) in [6, 6.07) is 3.06. The molecule has 0 unspecified atom stereocenters. The predicted octanol–water partition coefficient (Wildman–Crippen LogP) is 5.06. The lowest BCUT2D eigenvalue weighted by Crippen LogP contribution is -2.53. The smallest absolute Gasteiger partial charge is 0.348 e. The fraction of sp³-hybridized carbons (Fsp3) is 0.500. The van der Waals surface area contributed by atoms with Crippen LogP contribution in [0.1, 0.15) is 62.2 Å². The Hall–Kier alpha value is -2.68. The zero-order valence-electron chi connectivity index (χ0n) is 21.2. The standard InChI is InChI=1S/C24H26F6N2O5S2/c1-13(2)38(34,35)19-11-16(24(28,29)30)12-31-20(19)21(33)32-17-8-15(9-17)22(3,4)39(36,37)18-7-5-6-14(10-18)23(25,26)27/h5-7,10-13,15,17H,8-9H2,1-4H3,(H,32,33). The minimum Gasteiger partial charge on any atom is -0.348 e. The summed E-state index contributed by atoms with van der Waals surface area (Å²) in [6.45, 7) is 5.19. The number of pyridine rings is 1. The molecule has 1 fully saturated rings. The molecule has 0 radical (unpaired) electrons. The Kier molecular flexibility index (Phi) is 7.96. The molecule has 0 spiro atoms. The number of aromatic nitrogens is 1. The molecule has 1 aliphatic carbocycles. The summed E-state index contributed by atoms with van der Waals surface area (Å²) in [7, 11) is -8.59. The lowest BCUT2D eigenvalue weighted by atomic mass is 9.73. The Morgan fingerprint density at radius 3 is 2.03 bits per heavy atom. The minimum absolute atomic E-state index is 0.0732. The molecule has 216 valence electrons. The van der Waals surface area contributed by atoms with E-state index in [0.717, 1.165) is 18.2 Å². The van der Waals surface area contributed by atoms with Crippen LogP contribution in [0.25, 0.3) is 0 Å². The van der Waals surface area contributed by atoms with Gasteiger partial charge in [0.05, 0.1) is 30.9 Å². The Bertz CT molecular complexity index is 1480. The van der Waals surface area contributed by atoms with Crippen LogP contribution in [0.3, 0.4) is 0 Å². The molecule has 3 rings (SSSR count). The van der Waals surface area contributed by atoms with Crippen LogP contribution in [0.15, 0.2) is 46.3 Å². The minimum atomic E-state index is -4.90. The Morgan fingerprint density at radius 2 is 1.51 bits per heavy atom. The molecule has 0 atom stereocenters. The SMILES string of the molecule is CC(C)S(=O)(=O)c1cc(C(F)(F)F)cnc1C(=O)NC1CC(C(C)(C)S(=O)(=O)c2cccc(C(F)(F)F)c2)C1. The molecule has 15 heteroatoms. The zero-order chi connectivity index (χ0) is 29.8. The maximum absolute atomic E-state index is 13.2. The first-order chi connectivity index (χ1) is 17.6. The first kappa shape index (κ1) is 30.9. The van der Waals surface area contributed by atoms with Crippen LogP contribution in [0.2, 0.25) is 0 Å². The topological polar surface area (TPSA) is 110 Å². The fourth-order valence-corrected chi connectivity index (χ4v) is 7.15. The summed E-state index contributed by atoms with van der Waals surface area (Å²) in [5.74, 6) is -1.65. The molecular formula is C24H26F6N2O5S2. The van der Waals surface area contributed by atoms with Gasteiger partial charge in [0.1, 0.15) is 5.69 Å². The molecular weight excluding hydrogens is 574 g/mol. The van der Waals surface area contributed by atoms with Crippen molar-refractivity contribution < 1.29 is 48.0 Å². The van der Waals surface area contributed by atoms with Gasteiger partial charge in [0.2, 0.25) is 0 Å². The average Bonchev–Trinajstić information content (AvgIpc) is 2.79. The summed E-state index contributed by atoms with van der Waals surface area (Å²) in [5.41, 5.74) is -3.19. The Labute approximate surface area is 221 Å². The molecule has 1 N–H and O–H groups in total. The second kappa shape index (κ2) is 10.1. The monoisotopic (exact) mass is 600 g/mol. The van der Waals surface area contributed by atoms with Crippen molar-refractivity contribution in [2.24, 2.45) is 5.92 Å². The van der Waals surface area contributed by atoms with Crippen LogP contribution < -0.4 is 5.32 Å². The summed E-state index contributed by atoms with van der Waals surface area (Å²) in [6.07, 6.45) is -9.15. The van der Waals surface area contributed by atoms with Crippen LogP contribution in [0.4, 0.5) is 26.3 Å². The van der Waals surface area contributed by atoms with Gasteiger partial charge in [-0.15, -0.1) is 0 Å². The van der Waals surface area contributed by atoms with E-state index >= 15 is 0 Å². The third-order valence-corrected chi connectivity index (χ3v) is 11.7. The van der Waals surface area contributed by atoms with Gasteiger partial charge < -0.3 is 5.32 Å². The van der Waals surface area contributed by atoms with Gasteiger partial charge in [0, 0.05) is 12.2 Å². The van der Waals surface area contributed by atoms with E-state index in [9.17, 15) is 48.0 Å².